The molecule has 1 aliphatic rings. The number of fused-ring (bicyclic) bond motifs is 4. The van der Waals surface area contributed by atoms with E-state index in [9.17, 15) is 4.79 Å². The second-order valence-electron chi connectivity index (χ2n) is 8.44. The predicted molar refractivity (Wildman–Crippen MR) is 133 cm³/mol. The molecule has 1 aliphatic carbocycles. The monoisotopic (exact) mass is 480 g/mol. The number of aromatic amines is 1. The highest BCUT2D eigenvalue weighted by atomic mass is 32.1. The number of hydrogen-bond donors (Lipinski definition) is 2. The van der Waals surface area contributed by atoms with Crippen LogP contribution in [0.2, 0.25) is 0 Å². The molecule has 4 aromatic rings. The van der Waals surface area contributed by atoms with Crippen molar-refractivity contribution >= 4 is 50.1 Å². The summed E-state index contributed by atoms with van der Waals surface area (Å²) in [6.45, 7) is 5.25. The Labute approximate surface area is 201 Å². The fourth-order valence-corrected chi connectivity index (χ4v) is 5.66. The largest absolute Gasteiger partial charge is 0.492 e. The second-order valence-corrected chi connectivity index (χ2v) is 9.52. The van der Waals surface area contributed by atoms with Crippen LogP contribution >= 0.6 is 11.3 Å². The normalized spacial score (nSPS) is 15.3. The number of aromatic nitrogens is 4. The number of hydrogen-bond acceptors (Lipinski definition) is 8. The Hall–Kier alpha value is -3.40. The average Bonchev–Trinajstić information content (AvgIpc) is 3.43. The lowest BCUT2D eigenvalue weighted by Crippen LogP contribution is -2.33. The molecular weight excluding hydrogens is 452 g/mol. The Kier molecular flexibility index (Phi) is 6.23. The molecule has 178 valence electrons. The van der Waals surface area contributed by atoms with E-state index in [2.05, 4.69) is 25.5 Å². The van der Waals surface area contributed by atoms with E-state index in [0.717, 1.165) is 57.6 Å². The van der Waals surface area contributed by atoms with Crippen molar-refractivity contribution in [1.82, 2.24) is 25.1 Å². The minimum absolute atomic E-state index is 0.121. The SMILES string of the molecule is CCCN(C)C(=O)OC1CCc2c(sc3ncnc(Nc4cc5cn[nH]c5cc4OCC)c23)C1. The van der Waals surface area contributed by atoms with Gasteiger partial charge in [-0.2, -0.15) is 5.10 Å². The van der Waals surface area contributed by atoms with Crippen molar-refractivity contribution < 1.29 is 14.3 Å². The third-order valence-electron chi connectivity index (χ3n) is 6.03. The number of nitrogens with one attached hydrogen (secondary N) is 2. The maximum Gasteiger partial charge on any atom is 0.409 e. The van der Waals surface area contributed by atoms with Gasteiger partial charge in [-0.1, -0.05) is 6.92 Å². The number of benzene rings is 1. The first-order chi connectivity index (χ1) is 16.6. The van der Waals surface area contributed by atoms with E-state index in [1.807, 2.05) is 26.0 Å². The Morgan fingerprint density at radius 3 is 3.03 bits per heavy atom. The molecule has 0 spiro atoms. The van der Waals surface area contributed by atoms with E-state index in [1.165, 1.54) is 10.4 Å². The van der Waals surface area contributed by atoms with Gasteiger partial charge >= 0.3 is 6.09 Å². The van der Waals surface area contributed by atoms with Crippen LogP contribution in [0.3, 0.4) is 0 Å². The number of aryl methyl sites for hydroxylation is 1. The van der Waals surface area contributed by atoms with E-state index in [1.54, 1.807) is 35.8 Å². The molecule has 1 unspecified atom stereocenters. The molecule has 2 N–H and O–H groups in total. The van der Waals surface area contributed by atoms with Crippen LogP contribution in [0.4, 0.5) is 16.3 Å². The lowest BCUT2D eigenvalue weighted by atomic mass is 9.94. The molecule has 0 radical (unpaired) electrons. The van der Waals surface area contributed by atoms with Gasteiger partial charge in [-0.15, -0.1) is 11.3 Å². The third kappa shape index (κ3) is 4.25. The van der Waals surface area contributed by atoms with Crippen LogP contribution in [0.15, 0.2) is 24.7 Å². The zero-order valence-electron chi connectivity index (χ0n) is 19.6. The fourth-order valence-electron chi connectivity index (χ4n) is 4.41. The van der Waals surface area contributed by atoms with Crippen molar-refractivity contribution in [3.05, 3.63) is 35.1 Å². The number of thiophene rings is 1. The predicted octanol–water partition coefficient (Wildman–Crippen LogP) is 5.05. The van der Waals surface area contributed by atoms with Crippen LogP contribution in [0.25, 0.3) is 21.1 Å². The molecule has 3 heterocycles. The molecule has 10 heteroatoms. The molecule has 1 amide bonds. The van der Waals surface area contributed by atoms with Gasteiger partial charge in [0.05, 0.1) is 29.4 Å². The number of ether oxygens (including phenoxy) is 2. The van der Waals surface area contributed by atoms with E-state index >= 15 is 0 Å². The van der Waals surface area contributed by atoms with Crippen LogP contribution in [0.1, 0.15) is 37.1 Å². The highest BCUT2D eigenvalue weighted by Crippen LogP contribution is 2.41. The van der Waals surface area contributed by atoms with Crippen molar-refractivity contribution in [3.63, 3.8) is 0 Å². The minimum atomic E-state index is -0.253. The van der Waals surface area contributed by atoms with Crippen LogP contribution in [-0.4, -0.2) is 57.5 Å². The first-order valence-electron chi connectivity index (χ1n) is 11.6. The van der Waals surface area contributed by atoms with Crippen molar-refractivity contribution in [2.45, 2.75) is 45.6 Å². The van der Waals surface area contributed by atoms with E-state index < -0.39 is 0 Å². The summed E-state index contributed by atoms with van der Waals surface area (Å²) in [5.41, 5.74) is 2.98. The van der Waals surface area contributed by atoms with Gasteiger partial charge in [-0.25, -0.2) is 14.8 Å². The number of amides is 1. The Morgan fingerprint density at radius 2 is 2.21 bits per heavy atom. The maximum atomic E-state index is 12.4. The van der Waals surface area contributed by atoms with Crippen molar-refractivity contribution in [2.75, 3.05) is 25.5 Å². The van der Waals surface area contributed by atoms with E-state index in [0.29, 0.717) is 19.6 Å². The number of rotatable bonds is 7. The minimum Gasteiger partial charge on any atom is -0.492 e. The molecule has 0 aliphatic heterocycles. The van der Waals surface area contributed by atoms with Gasteiger partial charge in [0.25, 0.3) is 0 Å². The van der Waals surface area contributed by atoms with E-state index in [4.69, 9.17) is 9.47 Å². The zero-order chi connectivity index (χ0) is 23.7. The number of anilines is 2. The Morgan fingerprint density at radius 1 is 1.32 bits per heavy atom. The highest BCUT2D eigenvalue weighted by Gasteiger charge is 2.28. The van der Waals surface area contributed by atoms with Crippen molar-refractivity contribution in [1.29, 1.82) is 0 Å². The molecule has 34 heavy (non-hydrogen) atoms. The standard InChI is InChI=1S/C24H28N6O3S/c1-4-8-30(3)24(31)33-15-6-7-16-20(10-15)34-23-21(16)22(25-13-26-23)28-18-9-14-12-27-29-17(14)11-19(18)32-5-2/h9,11-13,15H,4-8,10H2,1-3H3,(H,27,29)(H,25,26,28). The summed E-state index contributed by atoms with van der Waals surface area (Å²) in [5.74, 6) is 1.49. The summed E-state index contributed by atoms with van der Waals surface area (Å²) in [5, 5.41) is 12.6. The summed E-state index contributed by atoms with van der Waals surface area (Å²) in [6, 6.07) is 3.96. The second kappa shape index (κ2) is 9.46. The summed E-state index contributed by atoms with van der Waals surface area (Å²) < 4.78 is 11.7. The van der Waals surface area contributed by atoms with Gasteiger partial charge in [-0.05, 0) is 37.8 Å². The molecule has 0 saturated heterocycles. The number of H-pyrrole nitrogens is 1. The lowest BCUT2D eigenvalue weighted by Gasteiger charge is -2.25. The number of carbonyl (C=O) groups excluding carboxylic acids is 1. The molecule has 0 bridgehead atoms. The van der Waals surface area contributed by atoms with Gasteiger partial charge in [-0.3, -0.25) is 5.10 Å². The topological polar surface area (TPSA) is 105 Å². The first-order valence-corrected chi connectivity index (χ1v) is 12.4. The Bertz CT molecular complexity index is 1330. The van der Waals surface area contributed by atoms with Gasteiger partial charge in [0.1, 0.15) is 28.8 Å². The molecule has 3 aromatic heterocycles. The molecule has 1 atom stereocenters. The highest BCUT2D eigenvalue weighted by molar-refractivity contribution is 7.19. The quantitative estimate of drug-likeness (QED) is 0.381. The molecule has 9 nitrogen and oxygen atoms in total. The zero-order valence-corrected chi connectivity index (χ0v) is 20.4. The van der Waals surface area contributed by atoms with Gasteiger partial charge < -0.3 is 19.7 Å². The van der Waals surface area contributed by atoms with Crippen LogP contribution in [0.5, 0.6) is 5.75 Å². The molecule has 1 aromatic carbocycles. The van der Waals surface area contributed by atoms with Crippen molar-refractivity contribution in [3.8, 4) is 5.75 Å². The first kappa shape index (κ1) is 22.4. The molecule has 5 rings (SSSR count). The van der Waals surface area contributed by atoms with Crippen LogP contribution in [-0.2, 0) is 17.6 Å². The maximum absolute atomic E-state index is 12.4. The summed E-state index contributed by atoms with van der Waals surface area (Å²) in [6.07, 6.45) is 6.20. The lowest BCUT2D eigenvalue weighted by molar-refractivity contribution is 0.0633. The summed E-state index contributed by atoms with van der Waals surface area (Å²) >= 11 is 1.65. The molecular formula is C24H28N6O3S. The number of nitrogens with zero attached hydrogens (tertiary/aromatic N) is 4. The van der Waals surface area contributed by atoms with Crippen LogP contribution < -0.4 is 10.1 Å². The van der Waals surface area contributed by atoms with Crippen LogP contribution in [0, 0.1) is 0 Å². The number of carbonyl (C=O) groups is 1. The third-order valence-corrected chi connectivity index (χ3v) is 7.19. The van der Waals surface area contributed by atoms with Gasteiger partial charge in [0, 0.05) is 36.3 Å². The molecule has 0 fully saturated rings. The fraction of sp³-hybridized carbons (Fsp3) is 0.417. The Balaban J connectivity index is 1.43. The van der Waals surface area contributed by atoms with Gasteiger partial charge in [0.15, 0.2) is 0 Å². The summed E-state index contributed by atoms with van der Waals surface area (Å²) in [7, 11) is 1.78. The molecule has 0 saturated carbocycles. The van der Waals surface area contributed by atoms with E-state index in [-0.39, 0.29) is 12.2 Å². The van der Waals surface area contributed by atoms with Gasteiger partial charge in [0.2, 0.25) is 0 Å². The summed E-state index contributed by atoms with van der Waals surface area (Å²) in [4.78, 5) is 25.2. The van der Waals surface area contributed by atoms with Crippen molar-refractivity contribution in [2.24, 2.45) is 0 Å². The smallest absolute Gasteiger partial charge is 0.409 e. The average molecular weight is 481 g/mol.